The number of hydrogen-bond acceptors (Lipinski definition) is 5. The molecule has 0 unspecified atom stereocenters. The standard InChI is InChI=1S/C18H24N4O3/c1-12-5-7-14(17(19-12)21(3)4)20-18(23)22-9-10-24-16(11-22)15-8-6-13(2)25-15/h5-8,16H,9-11H2,1-4H3,(H,20,23)/t16-/m0/s1. The van der Waals surface area contributed by atoms with Gasteiger partial charge in [-0.1, -0.05) is 0 Å². The third-order valence-electron chi connectivity index (χ3n) is 4.11. The number of urea groups is 1. The Morgan fingerprint density at radius 2 is 2.08 bits per heavy atom. The minimum Gasteiger partial charge on any atom is -0.464 e. The molecule has 2 aromatic rings. The van der Waals surface area contributed by atoms with Crippen LogP contribution >= 0.6 is 0 Å². The van der Waals surface area contributed by atoms with Crippen molar-refractivity contribution in [2.75, 3.05) is 44.0 Å². The van der Waals surface area contributed by atoms with Gasteiger partial charge in [0.2, 0.25) is 0 Å². The number of nitrogens with zero attached hydrogens (tertiary/aromatic N) is 3. The first kappa shape index (κ1) is 17.3. The van der Waals surface area contributed by atoms with E-state index >= 15 is 0 Å². The number of anilines is 2. The van der Waals surface area contributed by atoms with E-state index in [-0.39, 0.29) is 12.1 Å². The summed E-state index contributed by atoms with van der Waals surface area (Å²) in [6.45, 7) is 5.29. The topological polar surface area (TPSA) is 70.8 Å². The fourth-order valence-corrected chi connectivity index (χ4v) is 2.81. The summed E-state index contributed by atoms with van der Waals surface area (Å²) >= 11 is 0. The largest absolute Gasteiger partial charge is 0.464 e. The van der Waals surface area contributed by atoms with Gasteiger partial charge in [-0.15, -0.1) is 0 Å². The van der Waals surface area contributed by atoms with Crippen molar-refractivity contribution < 1.29 is 13.9 Å². The summed E-state index contributed by atoms with van der Waals surface area (Å²) in [7, 11) is 3.81. The smallest absolute Gasteiger partial charge is 0.322 e. The highest BCUT2D eigenvalue weighted by atomic mass is 16.5. The predicted molar refractivity (Wildman–Crippen MR) is 96.0 cm³/mol. The molecular weight excluding hydrogens is 320 g/mol. The van der Waals surface area contributed by atoms with E-state index in [4.69, 9.17) is 9.15 Å². The van der Waals surface area contributed by atoms with E-state index in [9.17, 15) is 4.79 Å². The van der Waals surface area contributed by atoms with Crippen LogP contribution in [0.3, 0.4) is 0 Å². The lowest BCUT2D eigenvalue weighted by Gasteiger charge is -2.32. The van der Waals surface area contributed by atoms with Crippen LogP contribution in [0.4, 0.5) is 16.3 Å². The van der Waals surface area contributed by atoms with E-state index in [1.165, 1.54) is 0 Å². The van der Waals surface area contributed by atoms with Crippen LogP contribution in [-0.4, -0.2) is 49.7 Å². The van der Waals surface area contributed by atoms with Crippen LogP contribution in [0.25, 0.3) is 0 Å². The molecule has 0 aliphatic carbocycles. The summed E-state index contributed by atoms with van der Waals surface area (Å²) in [5.41, 5.74) is 1.60. The van der Waals surface area contributed by atoms with Crippen molar-refractivity contribution >= 4 is 17.5 Å². The van der Waals surface area contributed by atoms with Crippen molar-refractivity contribution in [2.24, 2.45) is 0 Å². The molecule has 7 nitrogen and oxygen atoms in total. The zero-order valence-electron chi connectivity index (χ0n) is 15.1. The Balaban J connectivity index is 1.71. The second kappa shape index (κ2) is 7.14. The number of furan rings is 1. The predicted octanol–water partition coefficient (Wildman–Crippen LogP) is 2.96. The minimum atomic E-state index is -0.238. The van der Waals surface area contributed by atoms with E-state index in [1.807, 2.05) is 57.1 Å². The highest BCUT2D eigenvalue weighted by Gasteiger charge is 2.28. The molecule has 1 saturated heterocycles. The summed E-state index contributed by atoms with van der Waals surface area (Å²) in [5.74, 6) is 2.32. The Bertz CT molecular complexity index is 757. The molecule has 3 rings (SSSR count). The van der Waals surface area contributed by atoms with Crippen LogP contribution in [0.15, 0.2) is 28.7 Å². The number of aromatic nitrogens is 1. The molecule has 0 radical (unpaired) electrons. The van der Waals surface area contributed by atoms with Crippen LogP contribution in [0.2, 0.25) is 0 Å². The third kappa shape index (κ3) is 3.93. The molecule has 134 valence electrons. The molecule has 1 atom stereocenters. The number of morpholine rings is 1. The van der Waals surface area contributed by atoms with Gasteiger partial charge in [-0.05, 0) is 38.1 Å². The molecule has 0 bridgehead atoms. The fraction of sp³-hybridized carbons (Fsp3) is 0.444. The highest BCUT2D eigenvalue weighted by Crippen LogP contribution is 2.26. The van der Waals surface area contributed by atoms with Crippen molar-refractivity contribution in [2.45, 2.75) is 20.0 Å². The van der Waals surface area contributed by atoms with Gasteiger partial charge in [0.25, 0.3) is 0 Å². The molecule has 25 heavy (non-hydrogen) atoms. The van der Waals surface area contributed by atoms with E-state index < -0.39 is 0 Å². The summed E-state index contributed by atoms with van der Waals surface area (Å²) in [4.78, 5) is 20.8. The number of carbonyl (C=O) groups is 1. The average molecular weight is 344 g/mol. The Morgan fingerprint density at radius 1 is 1.28 bits per heavy atom. The van der Waals surface area contributed by atoms with Crippen molar-refractivity contribution in [3.05, 3.63) is 41.5 Å². The monoisotopic (exact) mass is 344 g/mol. The van der Waals surface area contributed by atoms with Gasteiger partial charge in [0.15, 0.2) is 5.82 Å². The second-order valence-electron chi connectivity index (χ2n) is 6.40. The summed E-state index contributed by atoms with van der Waals surface area (Å²) < 4.78 is 11.4. The maximum absolute atomic E-state index is 12.7. The van der Waals surface area contributed by atoms with Gasteiger partial charge >= 0.3 is 6.03 Å². The van der Waals surface area contributed by atoms with Gasteiger partial charge in [0.1, 0.15) is 17.6 Å². The lowest BCUT2D eigenvalue weighted by molar-refractivity contribution is -0.0246. The molecule has 0 spiro atoms. The number of nitrogens with one attached hydrogen (secondary N) is 1. The molecule has 0 aromatic carbocycles. The first-order valence-electron chi connectivity index (χ1n) is 8.33. The lowest BCUT2D eigenvalue weighted by Crippen LogP contribution is -2.44. The van der Waals surface area contributed by atoms with Crippen LogP contribution < -0.4 is 10.2 Å². The SMILES string of the molecule is Cc1ccc(NC(=O)N2CCO[C@H](c3ccc(C)o3)C2)c(N(C)C)n1. The molecule has 2 aromatic heterocycles. The minimum absolute atomic E-state index is 0.162. The number of aryl methyl sites for hydroxylation is 2. The van der Waals surface area contributed by atoms with E-state index in [0.29, 0.717) is 25.4 Å². The number of hydrogen-bond donors (Lipinski definition) is 1. The summed E-state index contributed by atoms with van der Waals surface area (Å²) in [5, 5.41) is 2.96. The normalized spacial score (nSPS) is 17.4. The van der Waals surface area contributed by atoms with Gasteiger partial charge in [0, 0.05) is 26.3 Å². The molecule has 1 aliphatic rings. The number of ether oxygens (including phenoxy) is 1. The van der Waals surface area contributed by atoms with E-state index in [1.54, 1.807) is 4.90 Å². The van der Waals surface area contributed by atoms with E-state index in [2.05, 4.69) is 10.3 Å². The molecule has 2 amide bonds. The zero-order valence-corrected chi connectivity index (χ0v) is 15.1. The van der Waals surface area contributed by atoms with Crippen molar-refractivity contribution in [1.82, 2.24) is 9.88 Å². The molecule has 0 saturated carbocycles. The van der Waals surface area contributed by atoms with E-state index in [0.717, 1.165) is 23.0 Å². The quantitative estimate of drug-likeness (QED) is 0.927. The Labute approximate surface area is 147 Å². The molecule has 1 N–H and O–H groups in total. The van der Waals surface area contributed by atoms with Crippen molar-refractivity contribution in [3.63, 3.8) is 0 Å². The van der Waals surface area contributed by atoms with Crippen LogP contribution in [-0.2, 0) is 4.74 Å². The van der Waals surface area contributed by atoms with Crippen LogP contribution in [0.5, 0.6) is 0 Å². The molecule has 1 aliphatic heterocycles. The molecular formula is C18H24N4O3. The molecule has 7 heteroatoms. The van der Waals surface area contributed by atoms with Gasteiger partial charge in [0.05, 0.1) is 18.8 Å². The van der Waals surface area contributed by atoms with Crippen LogP contribution in [0, 0.1) is 13.8 Å². The van der Waals surface area contributed by atoms with Crippen molar-refractivity contribution in [1.29, 1.82) is 0 Å². The van der Waals surface area contributed by atoms with Crippen LogP contribution in [0.1, 0.15) is 23.3 Å². The summed E-state index contributed by atoms with van der Waals surface area (Å²) in [6.07, 6.45) is -0.238. The number of carbonyl (C=O) groups excluding carboxylic acids is 1. The molecule has 1 fully saturated rings. The zero-order chi connectivity index (χ0) is 18.0. The maximum Gasteiger partial charge on any atom is 0.322 e. The first-order valence-corrected chi connectivity index (χ1v) is 8.33. The number of rotatable bonds is 3. The number of amides is 2. The average Bonchev–Trinajstić information content (AvgIpc) is 3.03. The fourth-order valence-electron chi connectivity index (χ4n) is 2.81. The third-order valence-corrected chi connectivity index (χ3v) is 4.11. The lowest BCUT2D eigenvalue weighted by atomic mass is 10.2. The number of pyridine rings is 1. The molecule has 3 heterocycles. The Kier molecular flexibility index (Phi) is 4.94. The second-order valence-corrected chi connectivity index (χ2v) is 6.40. The van der Waals surface area contributed by atoms with Gasteiger partial charge in [-0.2, -0.15) is 0 Å². The maximum atomic E-state index is 12.7. The summed E-state index contributed by atoms with van der Waals surface area (Å²) in [6, 6.07) is 7.40. The van der Waals surface area contributed by atoms with Gasteiger partial charge in [-0.3, -0.25) is 0 Å². The highest BCUT2D eigenvalue weighted by molar-refractivity contribution is 5.92. The van der Waals surface area contributed by atoms with Gasteiger partial charge in [-0.25, -0.2) is 9.78 Å². The van der Waals surface area contributed by atoms with Gasteiger partial charge < -0.3 is 24.3 Å². The Morgan fingerprint density at radius 3 is 2.76 bits per heavy atom. The van der Waals surface area contributed by atoms with Crippen molar-refractivity contribution in [3.8, 4) is 0 Å². The Hall–Kier alpha value is -2.54. The first-order chi connectivity index (χ1) is 11.9.